The minimum atomic E-state index is -0.382. The van der Waals surface area contributed by atoms with E-state index in [1.54, 1.807) is 24.3 Å². The smallest absolute Gasteiger partial charge is 0.323 e. The van der Waals surface area contributed by atoms with Crippen LogP contribution in [0.3, 0.4) is 0 Å². The number of para-hydroxylation sites is 1. The van der Waals surface area contributed by atoms with Gasteiger partial charge < -0.3 is 16.0 Å². The summed E-state index contributed by atoms with van der Waals surface area (Å²) >= 11 is 0. The maximum atomic E-state index is 12.4. The van der Waals surface area contributed by atoms with Crippen LogP contribution in [-0.4, -0.2) is 18.5 Å². The first-order valence-corrected chi connectivity index (χ1v) is 9.13. The zero-order valence-corrected chi connectivity index (χ0v) is 14.9. The fourth-order valence-corrected chi connectivity index (χ4v) is 3.00. The van der Waals surface area contributed by atoms with Gasteiger partial charge in [-0.05, 0) is 53.8 Å². The number of hydrogen-bond donors (Lipinski definition) is 3. The maximum Gasteiger partial charge on any atom is 0.323 e. The molecule has 136 valence electrons. The molecule has 0 aliphatic heterocycles. The molecule has 0 bridgehead atoms. The summed E-state index contributed by atoms with van der Waals surface area (Å²) in [4.78, 5) is 24.8. The van der Waals surface area contributed by atoms with Crippen LogP contribution in [0.2, 0.25) is 0 Å². The Labute approximate surface area is 157 Å². The number of anilines is 2. The Kier molecular flexibility index (Phi) is 4.75. The largest absolute Gasteiger partial charge is 0.352 e. The molecule has 4 rings (SSSR count). The average Bonchev–Trinajstić information content (AvgIpc) is 3.51. The minimum Gasteiger partial charge on any atom is -0.352 e. The molecule has 0 spiro atoms. The average molecular weight is 359 g/mol. The van der Waals surface area contributed by atoms with Gasteiger partial charge in [0.25, 0.3) is 5.91 Å². The van der Waals surface area contributed by atoms with Gasteiger partial charge in [-0.15, -0.1) is 0 Å². The normalized spacial score (nSPS) is 13.2. The molecule has 0 unspecified atom stereocenters. The van der Waals surface area contributed by atoms with Gasteiger partial charge in [-0.3, -0.25) is 4.79 Å². The van der Waals surface area contributed by atoms with Gasteiger partial charge in [0, 0.05) is 12.2 Å². The van der Waals surface area contributed by atoms with Crippen molar-refractivity contribution in [1.82, 2.24) is 5.32 Å². The SMILES string of the molecule is O=C(Nc1ccc2ccccc2c1)Nc1ccccc1C(=O)NCC1CC1. The summed E-state index contributed by atoms with van der Waals surface area (Å²) in [5.74, 6) is 0.439. The summed E-state index contributed by atoms with van der Waals surface area (Å²) < 4.78 is 0. The lowest BCUT2D eigenvalue weighted by Crippen LogP contribution is -2.27. The quantitative estimate of drug-likeness (QED) is 0.622. The lowest BCUT2D eigenvalue weighted by molar-refractivity contribution is 0.0952. The molecule has 27 heavy (non-hydrogen) atoms. The lowest BCUT2D eigenvalue weighted by atomic mass is 10.1. The monoisotopic (exact) mass is 359 g/mol. The molecule has 1 aliphatic carbocycles. The molecule has 0 saturated heterocycles. The van der Waals surface area contributed by atoms with E-state index < -0.39 is 0 Å². The number of benzene rings is 3. The molecule has 0 aromatic heterocycles. The number of rotatable bonds is 5. The molecule has 3 aromatic carbocycles. The molecule has 5 nitrogen and oxygen atoms in total. The van der Waals surface area contributed by atoms with Crippen molar-refractivity contribution in [3.63, 3.8) is 0 Å². The van der Waals surface area contributed by atoms with Gasteiger partial charge in [0.2, 0.25) is 0 Å². The molecule has 3 aromatic rings. The van der Waals surface area contributed by atoms with Crippen molar-refractivity contribution >= 4 is 34.1 Å². The number of amides is 3. The van der Waals surface area contributed by atoms with Crippen molar-refractivity contribution in [2.24, 2.45) is 5.92 Å². The van der Waals surface area contributed by atoms with E-state index in [4.69, 9.17) is 0 Å². The molecular weight excluding hydrogens is 338 g/mol. The van der Waals surface area contributed by atoms with Crippen LogP contribution in [0.15, 0.2) is 66.7 Å². The molecule has 0 heterocycles. The van der Waals surface area contributed by atoms with Crippen molar-refractivity contribution in [3.05, 3.63) is 72.3 Å². The van der Waals surface area contributed by atoms with Crippen LogP contribution in [0, 0.1) is 5.92 Å². The summed E-state index contributed by atoms with van der Waals surface area (Å²) in [6, 6.07) is 20.3. The van der Waals surface area contributed by atoms with Crippen LogP contribution in [0.4, 0.5) is 16.2 Å². The van der Waals surface area contributed by atoms with Gasteiger partial charge in [0.15, 0.2) is 0 Å². The van der Waals surface area contributed by atoms with Crippen LogP contribution in [0.1, 0.15) is 23.2 Å². The van der Waals surface area contributed by atoms with Crippen LogP contribution >= 0.6 is 0 Å². The summed E-state index contributed by atoms with van der Waals surface area (Å²) in [5, 5.41) is 10.7. The Balaban J connectivity index is 1.44. The third-order valence-electron chi connectivity index (χ3n) is 4.68. The lowest BCUT2D eigenvalue weighted by Gasteiger charge is -2.12. The number of hydrogen-bond acceptors (Lipinski definition) is 2. The fraction of sp³-hybridized carbons (Fsp3) is 0.182. The Morgan fingerprint density at radius 2 is 1.59 bits per heavy atom. The summed E-state index contributed by atoms with van der Waals surface area (Å²) in [6.07, 6.45) is 2.35. The number of carbonyl (C=O) groups is 2. The Bertz CT molecular complexity index is 996. The first kappa shape index (κ1) is 17.1. The minimum absolute atomic E-state index is 0.163. The molecule has 3 N–H and O–H groups in total. The second-order valence-corrected chi connectivity index (χ2v) is 6.84. The second kappa shape index (κ2) is 7.50. The molecule has 5 heteroatoms. The topological polar surface area (TPSA) is 70.2 Å². The zero-order chi connectivity index (χ0) is 18.6. The van der Waals surface area contributed by atoms with Gasteiger partial charge in [0.05, 0.1) is 11.3 Å². The number of fused-ring (bicyclic) bond motifs is 1. The van der Waals surface area contributed by atoms with Crippen molar-refractivity contribution in [1.29, 1.82) is 0 Å². The predicted molar refractivity (Wildman–Crippen MR) is 108 cm³/mol. The highest BCUT2D eigenvalue weighted by Gasteiger charge is 2.22. The van der Waals surface area contributed by atoms with E-state index in [2.05, 4.69) is 16.0 Å². The summed E-state index contributed by atoms with van der Waals surface area (Å²) in [6.45, 7) is 0.691. The van der Waals surface area contributed by atoms with E-state index in [-0.39, 0.29) is 11.9 Å². The maximum absolute atomic E-state index is 12.4. The summed E-state index contributed by atoms with van der Waals surface area (Å²) in [5.41, 5.74) is 1.65. The van der Waals surface area contributed by atoms with E-state index in [0.717, 1.165) is 10.8 Å². The van der Waals surface area contributed by atoms with Crippen molar-refractivity contribution < 1.29 is 9.59 Å². The number of nitrogens with one attached hydrogen (secondary N) is 3. The third kappa shape index (κ3) is 4.26. The van der Waals surface area contributed by atoms with Crippen LogP contribution < -0.4 is 16.0 Å². The number of carbonyl (C=O) groups excluding carboxylic acids is 2. The van der Waals surface area contributed by atoms with E-state index in [1.165, 1.54) is 12.8 Å². The first-order chi connectivity index (χ1) is 13.2. The van der Waals surface area contributed by atoms with Gasteiger partial charge in [-0.1, -0.05) is 42.5 Å². The molecule has 0 atom stereocenters. The van der Waals surface area contributed by atoms with Gasteiger partial charge >= 0.3 is 6.03 Å². The van der Waals surface area contributed by atoms with Gasteiger partial charge in [0.1, 0.15) is 0 Å². The van der Waals surface area contributed by atoms with E-state index in [0.29, 0.717) is 29.4 Å². The highest BCUT2D eigenvalue weighted by molar-refractivity contribution is 6.07. The zero-order valence-electron chi connectivity index (χ0n) is 14.9. The molecular formula is C22H21N3O2. The standard InChI is InChI=1S/C22H21N3O2/c26-21(23-14-15-9-10-15)19-7-3-4-8-20(19)25-22(27)24-18-12-11-16-5-1-2-6-17(16)13-18/h1-8,11-13,15H,9-10,14H2,(H,23,26)(H2,24,25,27). The highest BCUT2D eigenvalue weighted by Crippen LogP contribution is 2.28. The highest BCUT2D eigenvalue weighted by atomic mass is 16.2. The fourth-order valence-electron chi connectivity index (χ4n) is 3.00. The van der Waals surface area contributed by atoms with Crippen molar-refractivity contribution in [2.75, 3.05) is 17.2 Å². The van der Waals surface area contributed by atoms with Crippen LogP contribution in [0.25, 0.3) is 10.8 Å². The Morgan fingerprint density at radius 1 is 0.852 bits per heavy atom. The van der Waals surface area contributed by atoms with Crippen LogP contribution in [0.5, 0.6) is 0 Å². The number of urea groups is 1. The molecule has 1 fully saturated rings. The Morgan fingerprint density at radius 3 is 2.41 bits per heavy atom. The molecule has 3 amide bonds. The molecule has 0 radical (unpaired) electrons. The van der Waals surface area contributed by atoms with Crippen molar-refractivity contribution in [2.45, 2.75) is 12.8 Å². The van der Waals surface area contributed by atoms with Gasteiger partial charge in [-0.25, -0.2) is 4.79 Å². The molecule has 1 aliphatic rings. The van der Waals surface area contributed by atoms with E-state index >= 15 is 0 Å². The molecule has 1 saturated carbocycles. The first-order valence-electron chi connectivity index (χ1n) is 9.13. The summed E-state index contributed by atoms with van der Waals surface area (Å²) in [7, 11) is 0. The van der Waals surface area contributed by atoms with E-state index in [1.807, 2.05) is 42.5 Å². The van der Waals surface area contributed by atoms with Gasteiger partial charge in [-0.2, -0.15) is 0 Å². The van der Waals surface area contributed by atoms with Crippen molar-refractivity contribution in [3.8, 4) is 0 Å². The second-order valence-electron chi connectivity index (χ2n) is 6.84. The third-order valence-corrected chi connectivity index (χ3v) is 4.68. The predicted octanol–water partition coefficient (Wildman–Crippen LogP) is 4.62. The van der Waals surface area contributed by atoms with E-state index in [9.17, 15) is 9.59 Å². The Hall–Kier alpha value is -3.34. The van der Waals surface area contributed by atoms with Crippen LogP contribution in [-0.2, 0) is 0 Å².